The molecule has 1 heterocycles. The van der Waals surface area contributed by atoms with Crippen LogP contribution in [0.5, 0.6) is 11.5 Å². The van der Waals surface area contributed by atoms with Crippen LogP contribution in [0.3, 0.4) is 0 Å². The smallest absolute Gasteiger partial charge is 0.493 e. The quantitative estimate of drug-likeness (QED) is 0.422. The molecule has 1 N–H and O–H groups in total. The molecule has 33 heavy (non-hydrogen) atoms. The molecule has 0 radical (unpaired) electrons. The van der Waals surface area contributed by atoms with Gasteiger partial charge in [0.15, 0.2) is 0 Å². The van der Waals surface area contributed by atoms with Gasteiger partial charge in [0.2, 0.25) is 0 Å². The molecule has 1 aliphatic heterocycles. The van der Waals surface area contributed by atoms with Crippen molar-refractivity contribution in [2.24, 2.45) is 5.92 Å². The first-order chi connectivity index (χ1) is 15.6. The zero-order valence-electron chi connectivity index (χ0n) is 18.1. The Labute approximate surface area is 189 Å². The zero-order chi connectivity index (χ0) is 24.2. The molecule has 0 aromatic heterocycles. The highest BCUT2D eigenvalue weighted by molar-refractivity contribution is 6.36. The molecule has 1 aliphatic rings. The van der Waals surface area contributed by atoms with Crippen molar-refractivity contribution in [2.75, 3.05) is 18.5 Å². The summed E-state index contributed by atoms with van der Waals surface area (Å²) in [6.07, 6.45) is -3.38. The van der Waals surface area contributed by atoms with Gasteiger partial charge in [0.05, 0.1) is 12.2 Å². The van der Waals surface area contributed by atoms with Gasteiger partial charge in [0, 0.05) is 12.2 Å². The number of carbonyl (C=O) groups is 2. The number of ether oxygens (including phenoxy) is 2. The van der Waals surface area contributed by atoms with Crippen LogP contribution >= 0.6 is 0 Å². The topological polar surface area (TPSA) is 67.9 Å². The first kappa shape index (κ1) is 23.9. The van der Waals surface area contributed by atoms with Crippen molar-refractivity contribution >= 4 is 23.1 Å². The van der Waals surface area contributed by atoms with Crippen LogP contribution in [-0.2, 0) is 9.59 Å². The van der Waals surface area contributed by atoms with Gasteiger partial charge in [-0.2, -0.15) is 0 Å². The van der Waals surface area contributed by atoms with Crippen LogP contribution in [0.1, 0.15) is 19.4 Å². The standard InChI is InChI=1S/C24H23F3N2O4/c1-4-13-29-22(30)20(16-5-9-18(10-6-16)32-14-15(2)3)21(23(29)31)28-17-7-11-19(12-8-17)33-24(25,26)27/h4-12,15,28H,1,13-14H2,2-3H3. The highest BCUT2D eigenvalue weighted by Crippen LogP contribution is 2.32. The lowest BCUT2D eigenvalue weighted by molar-refractivity contribution is -0.274. The summed E-state index contributed by atoms with van der Waals surface area (Å²) in [5, 5.41) is 2.87. The number of hydrogen-bond donors (Lipinski definition) is 1. The SMILES string of the molecule is C=CCN1C(=O)C(Nc2ccc(OC(F)(F)F)cc2)=C(c2ccc(OCC(C)C)cc2)C1=O. The minimum absolute atomic E-state index is 0.0142. The Morgan fingerprint density at radius 3 is 2.15 bits per heavy atom. The molecule has 174 valence electrons. The normalized spacial score (nSPS) is 14.2. The largest absolute Gasteiger partial charge is 0.573 e. The van der Waals surface area contributed by atoms with E-state index in [1.54, 1.807) is 24.3 Å². The van der Waals surface area contributed by atoms with Crippen molar-refractivity contribution in [1.29, 1.82) is 0 Å². The second kappa shape index (κ2) is 9.81. The van der Waals surface area contributed by atoms with E-state index in [1.807, 2.05) is 13.8 Å². The molecule has 3 rings (SSSR count). The Kier molecular flexibility index (Phi) is 7.10. The number of alkyl halides is 3. The molecule has 9 heteroatoms. The monoisotopic (exact) mass is 460 g/mol. The number of anilines is 1. The number of nitrogens with zero attached hydrogens (tertiary/aromatic N) is 1. The number of nitrogens with one attached hydrogen (secondary N) is 1. The van der Waals surface area contributed by atoms with Crippen LogP contribution in [0, 0.1) is 5.92 Å². The average Bonchev–Trinajstić information content (AvgIpc) is 2.97. The van der Waals surface area contributed by atoms with Gasteiger partial charge in [0.1, 0.15) is 17.2 Å². The van der Waals surface area contributed by atoms with Gasteiger partial charge in [-0.15, -0.1) is 19.8 Å². The van der Waals surface area contributed by atoms with Gasteiger partial charge in [-0.25, -0.2) is 0 Å². The fourth-order valence-corrected chi connectivity index (χ4v) is 3.12. The molecular formula is C24H23F3N2O4. The van der Waals surface area contributed by atoms with Crippen LogP contribution in [0.4, 0.5) is 18.9 Å². The fraction of sp³-hybridized carbons (Fsp3) is 0.250. The summed E-state index contributed by atoms with van der Waals surface area (Å²) in [4.78, 5) is 27.0. The maximum atomic E-state index is 13.0. The molecule has 0 aliphatic carbocycles. The van der Waals surface area contributed by atoms with E-state index in [1.165, 1.54) is 18.2 Å². The molecule has 2 amide bonds. The van der Waals surface area contributed by atoms with E-state index in [0.29, 0.717) is 29.5 Å². The minimum atomic E-state index is -4.81. The Morgan fingerprint density at radius 1 is 1.00 bits per heavy atom. The third kappa shape index (κ3) is 5.94. The van der Waals surface area contributed by atoms with E-state index in [9.17, 15) is 22.8 Å². The highest BCUT2D eigenvalue weighted by atomic mass is 19.4. The summed E-state index contributed by atoms with van der Waals surface area (Å²) < 4.78 is 46.7. The van der Waals surface area contributed by atoms with Gasteiger partial charge in [-0.3, -0.25) is 14.5 Å². The van der Waals surface area contributed by atoms with E-state index >= 15 is 0 Å². The Bertz CT molecular complexity index is 1060. The molecule has 6 nitrogen and oxygen atoms in total. The van der Waals surface area contributed by atoms with Gasteiger partial charge < -0.3 is 14.8 Å². The second-order valence-corrected chi connectivity index (χ2v) is 7.69. The summed E-state index contributed by atoms with van der Waals surface area (Å²) >= 11 is 0. The van der Waals surface area contributed by atoms with E-state index in [0.717, 1.165) is 17.0 Å². The molecule has 0 unspecified atom stereocenters. The maximum absolute atomic E-state index is 13.0. The van der Waals surface area contributed by atoms with E-state index in [4.69, 9.17) is 4.74 Å². The number of rotatable bonds is 9. The van der Waals surface area contributed by atoms with Crippen molar-refractivity contribution in [1.82, 2.24) is 4.90 Å². The van der Waals surface area contributed by atoms with Crippen LogP contribution in [0.25, 0.3) is 5.57 Å². The maximum Gasteiger partial charge on any atom is 0.573 e. The van der Waals surface area contributed by atoms with Crippen molar-refractivity contribution in [3.05, 3.63) is 72.4 Å². The summed E-state index contributed by atoms with van der Waals surface area (Å²) in [6, 6.07) is 11.6. The molecule has 0 atom stereocenters. The molecule has 0 spiro atoms. The third-order valence-electron chi connectivity index (χ3n) is 4.56. The van der Waals surface area contributed by atoms with Crippen molar-refractivity contribution < 1.29 is 32.2 Å². The van der Waals surface area contributed by atoms with Gasteiger partial charge in [-0.05, 0) is 47.9 Å². The van der Waals surface area contributed by atoms with E-state index in [-0.39, 0.29) is 17.8 Å². The number of halogens is 3. The lowest BCUT2D eigenvalue weighted by atomic mass is 10.0. The number of imide groups is 1. The molecule has 2 aromatic carbocycles. The van der Waals surface area contributed by atoms with E-state index in [2.05, 4.69) is 16.6 Å². The van der Waals surface area contributed by atoms with Crippen LogP contribution in [0.15, 0.2) is 66.9 Å². The zero-order valence-corrected chi connectivity index (χ0v) is 18.1. The van der Waals surface area contributed by atoms with Crippen molar-refractivity contribution in [3.8, 4) is 11.5 Å². The summed E-state index contributed by atoms with van der Waals surface area (Å²) in [5.74, 6) is -0.498. The second-order valence-electron chi connectivity index (χ2n) is 7.69. The average molecular weight is 460 g/mol. The summed E-state index contributed by atoms with van der Waals surface area (Å²) in [5.41, 5.74) is 0.974. The Morgan fingerprint density at radius 2 is 1.61 bits per heavy atom. The molecule has 0 saturated heterocycles. The Balaban J connectivity index is 1.91. The lowest BCUT2D eigenvalue weighted by Gasteiger charge is -2.13. The molecule has 0 fully saturated rings. The highest BCUT2D eigenvalue weighted by Gasteiger charge is 2.38. The van der Waals surface area contributed by atoms with Crippen LogP contribution in [-0.4, -0.2) is 36.2 Å². The predicted molar refractivity (Wildman–Crippen MR) is 117 cm³/mol. The fourth-order valence-electron chi connectivity index (χ4n) is 3.12. The minimum Gasteiger partial charge on any atom is -0.493 e. The number of amides is 2. The Hall–Kier alpha value is -3.75. The van der Waals surface area contributed by atoms with Gasteiger partial charge in [-0.1, -0.05) is 32.1 Å². The lowest BCUT2D eigenvalue weighted by Crippen LogP contribution is -2.32. The number of carbonyl (C=O) groups excluding carboxylic acids is 2. The van der Waals surface area contributed by atoms with Gasteiger partial charge >= 0.3 is 6.36 Å². The first-order valence-corrected chi connectivity index (χ1v) is 10.2. The summed E-state index contributed by atoms with van der Waals surface area (Å²) in [7, 11) is 0. The summed E-state index contributed by atoms with van der Waals surface area (Å²) in [6.45, 7) is 8.17. The van der Waals surface area contributed by atoms with E-state index < -0.39 is 23.9 Å². The van der Waals surface area contributed by atoms with Crippen LogP contribution < -0.4 is 14.8 Å². The molecule has 0 saturated carbocycles. The predicted octanol–water partition coefficient (Wildman–Crippen LogP) is 5.00. The van der Waals surface area contributed by atoms with Gasteiger partial charge in [0.25, 0.3) is 11.8 Å². The molecule has 2 aromatic rings. The molecule has 0 bridgehead atoms. The third-order valence-corrected chi connectivity index (χ3v) is 4.56. The number of benzene rings is 2. The molecular weight excluding hydrogens is 437 g/mol. The van der Waals surface area contributed by atoms with Crippen molar-refractivity contribution in [3.63, 3.8) is 0 Å². The van der Waals surface area contributed by atoms with Crippen molar-refractivity contribution in [2.45, 2.75) is 20.2 Å². The number of hydrogen-bond acceptors (Lipinski definition) is 5. The van der Waals surface area contributed by atoms with Crippen LogP contribution in [0.2, 0.25) is 0 Å². The first-order valence-electron chi connectivity index (χ1n) is 10.2.